The van der Waals surface area contributed by atoms with Crippen LogP contribution in [0, 0.1) is 0 Å². The number of ether oxygens (including phenoxy) is 1. The summed E-state index contributed by atoms with van der Waals surface area (Å²) in [6.45, 7) is 1.72. The molecule has 1 aromatic heterocycles. The molecule has 0 unspecified atom stereocenters. The molecule has 4 rings (SSSR count). The Morgan fingerprint density at radius 1 is 0.897 bits per heavy atom. The van der Waals surface area contributed by atoms with Crippen LogP contribution in [0.3, 0.4) is 0 Å². The van der Waals surface area contributed by atoms with Gasteiger partial charge in [0, 0.05) is 5.56 Å². The summed E-state index contributed by atoms with van der Waals surface area (Å²) in [7, 11) is 0. The zero-order chi connectivity index (χ0) is 20.1. The first-order valence-electron chi connectivity index (χ1n) is 9.42. The van der Waals surface area contributed by atoms with Crippen molar-refractivity contribution in [2.75, 3.05) is 0 Å². The first-order valence-corrected chi connectivity index (χ1v) is 9.42. The Morgan fingerprint density at radius 3 is 2.31 bits per heavy atom. The Bertz CT molecular complexity index is 1090. The highest BCUT2D eigenvalue weighted by atomic mass is 16.6. The second-order valence-electron chi connectivity index (χ2n) is 6.68. The number of aromatic nitrogens is 2. The van der Waals surface area contributed by atoms with Gasteiger partial charge in [0.1, 0.15) is 0 Å². The van der Waals surface area contributed by atoms with E-state index >= 15 is 0 Å². The molecule has 0 amide bonds. The molecule has 0 aliphatic heterocycles. The molecule has 1 heterocycles. The van der Waals surface area contributed by atoms with Crippen LogP contribution in [0.4, 0.5) is 0 Å². The zero-order valence-corrected chi connectivity index (χ0v) is 16.0. The van der Waals surface area contributed by atoms with Gasteiger partial charge in [0.2, 0.25) is 5.89 Å². The Balaban J connectivity index is 1.49. The summed E-state index contributed by atoms with van der Waals surface area (Å²) in [4.78, 5) is 12.8. The lowest BCUT2D eigenvalue weighted by Gasteiger charge is -2.12. The first-order chi connectivity index (χ1) is 14.2. The fraction of sp³-hybridized carbons (Fsp3) is 0.125. The van der Waals surface area contributed by atoms with Crippen LogP contribution in [-0.4, -0.2) is 16.2 Å². The molecule has 4 aromatic rings. The standard InChI is InChI=1S/C24H20N2O3/c1-17(22-25-26-23(29-22)19-12-6-3-7-13-19)28-24(27)21-15-9-8-14-20(21)16-18-10-4-2-5-11-18/h2-15,17H,16H2,1H3/t17-/m0/s1. The van der Waals surface area contributed by atoms with Crippen LogP contribution in [0.1, 0.15) is 40.4 Å². The molecule has 0 radical (unpaired) electrons. The van der Waals surface area contributed by atoms with Crippen LogP contribution in [0.5, 0.6) is 0 Å². The summed E-state index contributed by atoms with van der Waals surface area (Å²) in [6.07, 6.45) is -0.00334. The third-order valence-electron chi connectivity index (χ3n) is 4.57. The molecule has 29 heavy (non-hydrogen) atoms. The van der Waals surface area contributed by atoms with E-state index in [1.54, 1.807) is 13.0 Å². The van der Waals surface area contributed by atoms with E-state index < -0.39 is 12.1 Å². The molecule has 0 saturated heterocycles. The van der Waals surface area contributed by atoms with Crippen molar-refractivity contribution < 1.29 is 13.9 Å². The molecule has 0 spiro atoms. The molecule has 0 aliphatic rings. The van der Waals surface area contributed by atoms with E-state index in [0.29, 0.717) is 17.9 Å². The number of carbonyl (C=O) groups is 1. The van der Waals surface area contributed by atoms with Crippen molar-refractivity contribution in [2.45, 2.75) is 19.4 Å². The van der Waals surface area contributed by atoms with Crippen molar-refractivity contribution in [3.63, 3.8) is 0 Å². The van der Waals surface area contributed by atoms with Crippen molar-refractivity contribution in [3.05, 3.63) is 108 Å². The van der Waals surface area contributed by atoms with Crippen molar-refractivity contribution in [3.8, 4) is 11.5 Å². The monoisotopic (exact) mass is 384 g/mol. The summed E-state index contributed by atoms with van der Waals surface area (Å²) in [5.41, 5.74) is 3.39. The van der Waals surface area contributed by atoms with Gasteiger partial charge in [0.05, 0.1) is 5.56 Å². The Hall–Kier alpha value is -3.73. The number of rotatable bonds is 6. The van der Waals surface area contributed by atoms with Gasteiger partial charge in [-0.15, -0.1) is 10.2 Å². The first kappa shape index (κ1) is 18.6. The minimum Gasteiger partial charge on any atom is -0.449 e. The fourth-order valence-electron chi connectivity index (χ4n) is 3.06. The minimum absolute atomic E-state index is 0.262. The molecule has 1 atom stereocenters. The zero-order valence-electron chi connectivity index (χ0n) is 16.0. The molecule has 0 saturated carbocycles. The van der Waals surface area contributed by atoms with E-state index in [-0.39, 0.29) is 5.89 Å². The number of esters is 1. The van der Waals surface area contributed by atoms with E-state index in [9.17, 15) is 4.79 Å². The number of nitrogens with zero attached hydrogens (tertiary/aromatic N) is 2. The molecule has 0 fully saturated rings. The van der Waals surface area contributed by atoms with E-state index in [1.807, 2.05) is 78.9 Å². The molecule has 0 N–H and O–H groups in total. The van der Waals surface area contributed by atoms with Crippen molar-refractivity contribution >= 4 is 5.97 Å². The van der Waals surface area contributed by atoms with Crippen LogP contribution in [0.2, 0.25) is 0 Å². The highest BCUT2D eigenvalue weighted by Crippen LogP contribution is 2.24. The number of hydrogen-bond donors (Lipinski definition) is 0. The van der Waals surface area contributed by atoms with Gasteiger partial charge >= 0.3 is 5.97 Å². The summed E-state index contributed by atoms with van der Waals surface area (Å²) in [5.74, 6) is 0.245. The second-order valence-corrected chi connectivity index (χ2v) is 6.68. The summed E-state index contributed by atoms with van der Waals surface area (Å²) in [5, 5.41) is 8.09. The quantitative estimate of drug-likeness (QED) is 0.425. The molecular weight excluding hydrogens is 364 g/mol. The molecule has 5 nitrogen and oxygen atoms in total. The predicted molar refractivity (Wildman–Crippen MR) is 109 cm³/mol. The van der Waals surface area contributed by atoms with Crippen LogP contribution < -0.4 is 0 Å². The highest BCUT2D eigenvalue weighted by Gasteiger charge is 2.21. The Labute approximate surface area is 169 Å². The number of benzene rings is 3. The van der Waals surface area contributed by atoms with Crippen LogP contribution in [0.25, 0.3) is 11.5 Å². The maximum absolute atomic E-state index is 12.8. The normalized spacial score (nSPS) is 11.8. The van der Waals surface area contributed by atoms with E-state index in [0.717, 1.165) is 16.7 Å². The van der Waals surface area contributed by atoms with Crippen LogP contribution in [0.15, 0.2) is 89.3 Å². The second kappa shape index (κ2) is 8.52. The lowest BCUT2D eigenvalue weighted by molar-refractivity contribution is 0.0279. The van der Waals surface area contributed by atoms with Crippen LogP contribution in [-0.2, 0) is 11.2 Å². The van der Waals surface area contributed by atoms with E-state index in [2.05, 4.69) is 10.2 Å². The van der Waals surface area contributed by atoms with Gasteiger partial charge in [0.25, 0.3) is 5.89 Å². The fourth-order valence-corrected chi connectivity index (χ4v) is 3.06. The average Bonchev–Trinajstić information content (AvgIpc) is 3.26. The third-order valence-corrected chi connectivity index (χ3v) is 4.57. The largest absolute Gasteiger partial charge is 0.449 e. The van der Waals surface area contributed by atoms with Gasteiger partial charge < -0.3 is 9.15 Å². The molecular formula is C24H20N2O3. The molecule has 144 valence electrons. The van der Waals surface area contributed by atoms with Crippen LogP contribution >= 0.6 is 0 Å². The lowest BCUT2D eigenvalue weighted by atomic mass is 10.00. The van der Waals surface area contributed by atoms with E-state index in [4.69, 9.17) is 9.15 Å². The lowest BCUT2D eigenvalue weighted by Crippen LogP contribution is -2.12. The summed E-state index contributed by atoms with van der Waals surface area (Å²) >= 11 is 0. The van der Waals surface area contributed by atoms with Crippen molar-refractivity contribution in [2.24, 2.45) is 0 Å². The minimum atomic E-state index is -0.655. The van der Waals surface area contributed by atoms with Crippen molar-refractivity contribution in [1.29, 1.82) is 0 Å². The smallest absolute Gasteiger partial charge is 0.339 e. The SMILES string of the molecule is C[C@H](OC(=O)c1ccccc1Cc1ccccc1)c1nnc(-c2ccccc2)o1. The average molecular weight is 384 g/mol. The number of carbonyl (C=O) groups excluding carboxylic acids is 1. The maximum Gasteiger partial charge on any atom is 0.339 e. The van der Waals surface area contributed by atoms with Gasteiger partial charge in [-0.1, -0.05) is 66.7 Å². The van der Waals surface area contributed by atoms with Gasteiger partial charge in [-0.2, -0.15) is 0 Å². The Morgan fingerprint density at radius 2 is 1.55 bits per heavy atom. The predicted octanol–water partition coefficient (Wildman–Crippen LogP) is 5.25. The molecule has 0 bridgehead atoms. The van der Waals surface area contributed by atoms with Gasteiger partial charge in [-0.05, 0) is 42.7 Å². The topological polar surface area (TPSA) is 65.2 Å². The van der Waals surface area contributed by atoms with E-state index in [1.165, 1.54) is 0 Å². The summed E-state index contributed by atoms with van der Waals surface area (Å²) in [6, 6.07) is 26.9. The maximum atomic E-state index is 12.8. The van der Waals surface area contributed by atoms with Gasteiger partial charge in [0.15, 0.2) is 6.10 Å². The number of hydrogen-bond acceptors (Lipinski definition) is 5. The molecule has 3 aromatic carbocycles. The van der Waals surface area contributed by atoms with Gasteiger partial charge in [-0.3, -0.25) is 0 Å². The summed E-state index contributed by atoms with van der Waals surface area (Å²) < 4.78 is 11.3. The Kier molecular flexibility index (Phi) is 5.47. The third kappa shape index (κ3) is 4.41. The molecule has 5 heteroatoms. The molecule has 0 aliphatic carbocycles. The van der Waals surface area contributed by atoms with Gasteiger partial charge in [-0.25, -0.2) is 4.79 Å². The highest BCUT2D eigenvalue weighted by molar-refractivity contribution is 5.91. The van der Waals surface area contributed by atoms with Crippen molar-refractivity contribution in [1.82, 2.24) is 10.2 Å².